The Balaban J connectivity index is 1.35. The zero-order valence-electron chi connectivity index (χ0n) is 20.6. The minimum absolute atomic E-state index is 0.140. The van der Waals surface area contributed by atoms with E-state index in [4.69, 9.17) is 0 Å². The molecule has 2 unspecified atom stereocenters. The number of carbonyl (C=O) groups excluding carboxylic acids is 1. The van der Waals surface area contributed by atoms with Crippen LogP contribution in [-0.4, -0.2) is 65.2 Å². The van der Waals surface area contributed by atoms with Crippen LogP contribution in [0.3, 0.4) is 0 Å². The van der Waals surface area contributed by atoms with Crippen molar-refractivity contribution in [1.82, 2.24) is 20.2 Å². The van der Waals surface area contributed by atoms with Gasteiger partial charge in [-0.25, -0.2) is 14.4 Å². The van der Waals surface area contributed by atoms with Crippen molar-refractivity contribution in [2.24, 2.45) is 5.92 Å². The summed E-state index contributed by atoms with van der Waals surface area (Å²) < 4.78 is 53.6. The highest BCUT2D eigenvalue weighted by molar-refractivity contribution is 5.64. The van der Waals surface area contributed by atoms with Gasteiger partial charge in [-0.1, -0.05) is 13.0 Å². The summed E-state index contributed by atoms with van der Waals surface area (Å²) in [5.41, 5.74) is 0.522. The molecule has 3 aliphatic rings. The number of nitrogens with zero attached hydrogens (tertiary/aromatic N) is 4. The smallest absolute Gasteiger partial charge is 0.387 e. The Bertz CT molecular complexity index is 1130. The second-order valence-electron chi connectivity index (χ2n) is 10.4. The van der Waals surface area contributed by atoms with E-state index in [-0.39, 0.29) is 11.5 Å². The molecule has 1 saturated carbocycles. The van der Waals surface area contributed by atoms with E-state index < -0.39 is 35.7 Å². The summed E-state index contributed by atoms with van der Waals surface area (Å²) in [5, 5.41) is 13.8. The number of piperazine rings is 1. The Hall–Kier alpha value is -2.63. The molecule has 37 heavy (non-hydrogen) atoms. The quantitative estimate of drug-likeness (QED) is 0.406. The molecule has 5 rings (SSSR count). The van der Waals surface area contributed by atoms with Crippen molar-refractivity contribution in [2.45, 2.75) is 56.5 Å². The van der Waals surface area contributed by atoms with E-state index in [1.807, 2.05) is 6.92 Å². The molecule has 0 amide bonds. The van der Waals surface area contributed by atoms with Gasteiger partial charge in [0.25, 0.3) is 0 Å². The van der Waals surface area contributed by atoms with E-state index in [2.05, 4.69) is 25.1 Å². The standard InChI is InChI=1S/C26H31F4N5O2/c1-15-10-21(37)23-22(15)25(33-14-32-23)35-8-6-34(7-9-35)24(31-12-16-2-3-16)18(13-36)17-4-5-19(20(27)11-17)26(28,29)30/h4-5,11,13-16,18,21,24,31,37H,2-3,6-10,12H2,1H3/t15-,18?,21-,24?/m1/s1. The van der Waals surface area contributed by atoms with Crippen LogP contribution in [0.5, 0.6) is 0 Å². The van der Waals surface area contributed by atoms with E-state index in [1.54, 1.807) is 0 Å². The van der Waals surface area contributed by atoms with Crippen LogP contribution in [0.15, 0.2) is 24.5 Å². The van der Waals surface area contributed by atoms with Crippen molar-refractivity contribution in [3.8, 4) is 0 Å². The molecule has 2 heterocycles. The van der Waals surface area contributed by atoms with Crippen molar-refractivity contribution in [2.75, 3.05) is 37.6 Å². The van der Waals surface area contributed by atoms with Crippen LogP contribution in [0.25, 0.3) is 0 Å². The third-order valence-electron chi connectivity index (χ3n) is 7.77. The fraction of sp³-hybridized carbons (Fsp3) is 0.577. The van der Waals surface area contributed by atoms with Crippen molar-refractivity contribution < 1.29 is 27.5 Å². The van der Waals surface area contributed by atoms with Crippen LogP contribution in [0, 0.1) is 11.7 Å². The number of benzene rings is 1. The number of carbonyl (C=O) groups is 1. The number of aromatic nitrogens is 2. The van der Waals surface area contributed by atoms with Crippen molar-refractivity contribution in [1.29, 1.82) is 0 Å². The molecule has 7 nitrogen and oxygen atoms in total. The van der Waals surface area contributed by atoms with Crippen LogP contribution in [-0.2, 0) is 11.0 Å². The summed E-state index contributed by atoms with van der Waals surface area (Å²) in [4.78, 5) is 25.3. The first kappa shape index (κ1) is 26.0. The number of rotatable bonds is 8. The van der Waals surface area contributed by atoms with E-state index in [9.17, 15) is 27.5 Å². The number of hydrogen-bond acceptors (Lipinski definition) is 7. The number of alkyl halides is 3. The average Bonchev–Trinajstić information content (AvgIpc) is 3.65. The Morgan fingerprint density at radius 2 is 1.92 bits per heavy atom. The first-order chi connectivity index (χ1) is 17.7. The molecule has 1 saturated heterocycles. The largest absolute Gasteiger partial charge is 0.419 e. The molecule has 0 radical (unpaired) electrons. The highest BCUT2D eigenvalue weighted by Crippen LogP contribution is 2.43. The van der Waals surface area contributed by atoms with Crippen molar-refractivity contribution in [3.63, 3.8) is 0 Å². The maximum absolute atomic E-state index is 14.4. The lowest BCUT2D eigenvalue weighted by molar-refractivity contribution is -0.140. The predicted molar refractivity (Wildman–Crippen MR) is 129 cm³/mol. The first-order valence-corrected chi connectivity index (χ1v) is 12.7. The van der Waals surface area contributed by atoms with Crippen molar-refractivity contribution >= 4 is 12.1 Å². The van der Waals surface area contributed by atoms with Crippen LogP contribution < -0.4 is 10.2 Å². The van der Waals surface area contributed by atoms with Crippen LogP contribution in [0.1, 0.15) is 66.5 Å². The molecule has 1 aromatic carbocycles. The molecule has 2 fully saturated rings. The molecule has 200 valence electrons. The molecular formula is C26H31F4N5O2. The minimum Gasteiger partial charge on any atom is -0.387 e. The van der Waals surface area contributed by atoms with Crippen LogP contribution in [0.4, 0.5) is 23.4 Å². The lowest BCUT2D eigenvalue weighted by Crippen LogP contribution is -2.57. The van der Waals surface area contributed by atoms with Gasteiger partial charge in [-0.3, -0.25) is 4.90 Å². The van der Waals surface area contributed by atoms with Gasteiger partial charge in [-0.05, 0) is 55.3 Å². The van der Waals surface area contributed by atoms with E-state index in [0.29, 0.717) is 63.1 Å². The molecule has 1 aromatic heterocycles. The summed E-state index contributed by atoms with van der Waals surface area (Å²) in [6.07, 6.45) is -0.904. The fourth-order valence-corrected chi connectivity index (χ4v) is 5.56. The minimum atomic E-state index is -4.80. The first-order valence-electron chi connectivity index (χ1n) is 12.7. The Morgan fingerprint density at radius 1 is 1.19 bits per heavy atom. The highest BCUT2D eigenvalue weighted by atomic mass is 19.4. The summed E-state index contributed by atoms with van der Waals surface area (Å²) in [6, 6.07) is 2.74. The van der Waals surface area contributed by atoms with Gasteiger partial charge in [0.05, 0.1) is 29.4 Å². The monoisotopic (exact) mass is 521 g/mol. The Kier molecular flexibility index (Phi) is 7.21. The zero-order chi connectivity index (χ0) is 26.3. The van der Waals surface area contributed by atoms with E-state index >= 15 is 0 Å². The van der Waals surface area contributed by atoms with Gasteiger partial charge in [-0.2, -0.15) is 13.2 Å². The number of aliphatic hydroxyl groups excluding tert-OH is 1. The van der Waals surface area contributed by atoms with Gasteiger partial charge in [0.1, 0.15) is 24.2 Å². The van der Waals surface area contributed by atoms with Gasteiger partial charge in [0.15, 0.2) is 0 Å². The summed E-state index contributed by atoms with van der Waals surface area (Å²) in [5.74, 6) is -0.747. The zero-order valence-corrected chi connectivity index (χ0v) is 20.6. The highest BCUT2D eigenvalue weighted by Gasteiger charge is 2.38. The number of aldehydes is 1. The molecular weight excluding hydrogens is 490 g/mol. The molecule has 2 N–H and O–H groups in total. The average molecular weight is 522 g/mol. The number of nitrogens with one attached hydrogen (secondary N) is 1. The lowest BCUT2D eigenvalue weighted by Gasteiger charge is -2.42. The number of hydrogen-bond donors (Lipinski definition) is 2. The third-order valence-corrected chi connectivity index (χ3v) is 7.77. The molecule has 0 bridgehead atoms. The normalized spacial score (nSPS) is 24.1. The Labute approximate surface area is 212 Å². The van der Waals surface area contributed by atoms with Crippen LogP contribution in [0.2, 0.25) is 0 Å². The summed E-state index contributed by atoms with van der Waals surface area (Å²) in [6.45, 7) is 5.11. The summed E-state index contributed by atoms with van der Waals surface area (Å²) in [7, 11) is 0. The van der Waals surface area contributed by atoms with Gasteiger partial charge in [0, 0.05) is 31.7 Å². The molecule has 4 atom stereocenters. The third kappa shape index (κ3) is 5.35. The summed E-state index contributed by atoms with van der Waals surface area (Å²) >= 11 is 0. The van der Waals surface area contributed by atoms with E-state index in [0.717, 1.165) is 30.3 Å². The second kappa shape index (κ2) is 10.3. The van der Waals surface area contributed by atoms with Crippen LogP contribution >= 0.6 is 0 Å². The Morgan fingerprint density at radius 3 is 2.54 bits per heavy atom. The molecule has 0 spiro atoms. The molecule has 11 heteroatoms. The maximum atomic E-state index is 14.4. The number of anilines is 1. The molecule has 2 aromatic rings. The number of aliphatic hydroxyl groups is 1. The number of fused-ring (bicyclic) bond motifs is 1. The molecule has 1 aliphatic heterocycles. The van der Waals surface area contributed by atoms with Gasteiger partial charge in [0.2, 0.25) is 0 Å². The maximum Gasteiger partial charge on any atom is 0.419 e. The van der Waals surface area contributed by atoms with Crippen molar-refractivity contribution in [3.05, 3.63) is 52.7 Å². The lowest BCUT2D eigenvalue weighted by atomic mass is 9.94. The molecule has 2 aliphatic carbocycles. The predicted octanol–water partition coefficient (Wildman–Crippen LogP) is 3.61. The SMILES string of the molecule is C[C@@H]1C[C@@H](O)c2ncnc(N3CCN(C(NCC4CC4)C(C=O)c4ccc(C(F)(F)F)c(F)c4)CC3)c21. The van der Waals surface area contributed by atoms with Gasteiger partial charge >= 0.3 is 6.18 Å². The van der Waals surface area contributed by atoms with Gasteiger partial charge < -0.3 is 20.1 Å². The fourth-order valence-electron chi connectivity index (χ4n) is 5.56. The van der Waals surface area contributed by atoms with E-state index in [1.165, 1.54) is 12.4 Å². The van der Waals surface area contributed by atoms with Gasteiger partial charge in [-0.15, -0.1) is 0 Å². The number of halogens is 4. The second-order valence-corrected chi connectivity index (χ2v) is 10.4. The topological polar surface area (TPSA) is 81.6 Å².